The second-order valence-corrected chi connectivity index (χ2v) is 5.49. The van der Waals surface area contributed by atoms with E-state index in [0.717, 1.165) is 25.8 Å². The predicted molar refractivity (Wildman–Crippen MR) is 66.7 cm³/mol. The topological polar surface area (TPSA) is 65.4 Å². The minimum Gasteiger partial charge on any atom is -0.366 e. The molecule has 0 radical (unpaired) electrons. The van der Waals surface area contributed by atoms with Crippen LogP contribution in [0.5, 0.6) is 0 Å². The van der Waals surface area contributed by atoms with Crippen LogP contribution in [0.15, 0.2) is 0 Å². The molecular weight excluding hydrogens is 230 g/mol. The summed E-state index contributed by atoms with van der Waals surface area (Å²) in [6.45, 7) is 4.05. The third-order valence-corrected chi connectivity index (χ3v) is 4.16. The van der Waals surface area contributed by atoms with Crippen LogP contribution in [0.25, 0.3) is 0 Å². The van der Waals surface area contributed by atoms with E-state index >= 15 is 0 Å². The molecule has 5 heteroatoms. The van der Waals surface area contributed by atoms with Crippen molar-refractivity contribution >= 4 is 5.91 Å². The summed E-state index contributed by atoms with van der Waals surface area (Å²) in [6, 6.07) is 2.31. The molecule has 0 aromatic rings. The number of ether oxygens (including phenoxy) is 1. The normalized spacial score (nSPS) is 37.2. The highest BCUT2D eigenvalue weighted by Crippen LogP contribution is 2.35. The number of amides is 1. The molecule has 1 amide bonds. The summed E-state index contributed by atoms with van der Waals surface area (Å²) < 4.78 is 5.48. The van der Waals surface area contributed by atoms with Crippen LogP contribution in [-0.4, -0.2) is 49.2 Å². The summed E-state index contributed by atoms with van der Waals surface area (Å²) >= 11 is 0. The Morgan fingerprint density at radius 3 is 2.94 bits per heavy atom. The molecule has 2 rings (SSSR count). The largest absolute Gasteiger partial charge is 0.366 e. The molecule has 5 nitrogen and oxygen atoms in total. The third kappa shape index (κ3) is 2.50. The van der Waals surface area contributed by atoms with Crippen LogP contribution in [0.2, 0.25) is 0 Å². The maximum Gasteiger partial charge on any atom is 0.251 e. The SMILES string of the molecule is C[C@@H]1CCC[C@@]1(C#N)NC(=O)[C@@H]1CN(C)CCO1. The van der Waals surface area contributed by atoms with Gasteiger partial charge in [0.25, 0.3) is 5.91 Å². The van der Waals surface area contributed by atoms with Crippen LogP contribution in [0.4, 0.5) is 0 Å². The average Bonchev–Trinajstić information content (AvgIpc) is 2.71. The van der Waals surface area contributed by atoms with E-state index in [2.05, 4.69) is 16.3 Å². The smallest absolute Gasteiger partial charge is 0.251 e. The van der Waals surface area contributed by atoms with Gasteiger partial charge in [-0.25, -0.2) is 0 Å². The van der Waals surface area contributed by atoms with E-state index in [1.54, 1.807) is 0 Å². The molecule has 1 saturated heterocycles. The van der Waals surface area contributed by atoms with Gasteiger partial charge in [-0.15, -0.1) is 0 Å². The molecule has 2 aliphatic rings. The molecule has 0 unspecified atom stereocenters. The number of carbonyl (C=O) groups excluding carboxylic acids is 1. The predicted octanol–water partition coefficient (Wildman–Crippen LogP) is 0.516. The minimum atomic E-state index is -0.684. The van der Waals surface area contributed by atoms with Crippen LogP contribution in [0.1, 0.15) is 26.2 Å². The number of hydrogen-bond donors (Lipinski definition) is 1. The maximum atomic E-state index is 12.2. The summed E-state index contributed by atoms with van der Waals surface area (Å²) in [5.74, 6) is 0.0737. The summed E-state index contributed by atoms with van der Waals surface area (Å²) in [5, 5.41) is 12.3. The van der Waals surface area contributed by atoms with Gasteiger partial charge < -0.3 is 15.0 Å². The first-order valence-corrected chi connectivity index (χ1v) is 6.61. The van der Waals surface area contributed by atoms with Gasteiger partial charge >= 0.3 is 0 Å². The van der Waals surface area contributed by atoms with E-state index in [1.165, 1.54) is 0 Å². The Labute approximate surface area is 108 Å². The molecule has 0 aromatic heterocycles. The molecule has 2 fully saturated rings. The summed E-state index contributed by atoms with van der Waals surface area (Å²) in [4.78, 5) is 14.3. The Kier molecular flexibility index (Phi) is 3.88. The van der Waals surface area contributed by atoms with Crippen molar-refractivity contribution in [2.24, 2.45) is 5.92 Å². The zero-order valence-corrected chi connectivity index (χ0v) is 11.1. The fourth-order valence-corrected chi connectivity index (χ4v) is 2.80. The van der Waals surface area contributed by atoms with Gasteiger partial charge in [0.05, 0.1) is 12.7 Å². The van der Waals surface area contributed by atoms with Gasteiger partial charge in [-0.05, 0) is 32.2 Å². The highest BCUT2D eigenvalue weighted by molar-refractivity contribution is 5.82. The quantitative estimate of drug-likeness (QED) is 0.777. The van der Waals surface area contributed by atoms with Crippen molar-refractivity contribution in [3.8, 4) is 6.07 Å². The van der Waals surface area contributed by atoms with Crippen LogP contribution < -0.4 is 5.32 Å². The van der Waals surface area contributed by atoms with Crippen LogP contribution in [-0.2, 0) is 9.53 Å². The molecule has 0 spiro atoms. The molecule has 100 valence electrons. The van der Waals surface area contributed by atoms with Crippen LogP contribution in [0, 0.1) is 17.2 Å². The van der Waals surface area contributed by atoms with Gasteiger partial charge in [-0.3, -0.25) is 4.79 Å². The lowest BCUT2D eigenvalue weighted by Crippen LogP contribution is -2.56. The minimum absolute atomic E-state index is 0.142. The molecule has 1 aliphatic heterocycles. The Hall–Kier alpha value is -1.12. The molecule has 1 N–H and O–H groups in total. The highest BCUT2D eigenvalue weighted by atomic mass is 16.5. The molecule has 0 bridgehead atoms. The third-order valence-electron chi connectivity index (χ3n) is 4.16. The standard InChI is InChI=1S/C13H21N3O2/c1-10-4-3-5-13(10,9-14)15-12(17)11-8-16(2)6-7-18-11/h10-11H,3-8H2,1-2H3,(H,15,17)/t10-,11+,13+/m1/s1. The number of nitrogens with one attached hydrogen (secondary N) is 1. The number of morpholine rings is 1. The molecule has 3 atom stereocenters. The summed E-state index contributed by atoms with van der Waals surface area (Å²) in [5.41, 5.74) is -0.684. The van der Waals surface area contributed by atoms with Crippen molar-refractivity contribution in [2.45, 2.75) is 37.8 Å². The number of rotatable bonds is 2. The zero-order chi connectivity index (χ0) is 13.2. The summed E-state index contributed by atoms with van der Waals surface area (Å²) in [6.07, 6.45) is 2.31. The Morgan fingerprint density at radius 2 is 2.39 bits per heavy atom. The number of hydrogen-bond acceptors (Lipinski definition) is 4. The van der Waals surface area contributed by atoms with E-state index in [9.17, 15) is 10.1 Å². The van der Waals surface area contributed by atoms with E-state index in [-0.39, 0.29) is 11.8 Å². The van der Waals surface area contributed by atoms with Crippen molar-refractivity contribution < 1.29 is 9.53 Å². The number of nitrogens with zero attached hydrogens (tertiary/aromatic N) is 2. The van der Waals surface area contributed by atoms with Crippen molar-refractivity contribution in [3.63, 3.8) is 0 Å². The van der Waals surface area contributed by atoms with Gasteiger partial charge in [0.2, 0.25) is 0 Å². The van der Waals surface area contributed by atoms with Gasteiger partial charge in [-0.2, -0.15) is 5.26 Å². The van der Waals surface area contributed by atoms with E-state index in [4.69, 9.17) is 4.74 Å². The lowest BCUT2D eigenvalue weighted by molar-refractivity contribution is -0.139. The Bertz CT molecular complexity index is 366. The first-order valence-electron chi connectivity index (χ1n) is 6.61. The molecule has 1 saturated carbocycles. The Balaban J connectivity index is 2.00. The second kappa shape index (κ2) is 5.25. The van der Waals surface area contributed by atoms with Crippen LogP contribution >= 0.6 is 0 Å². The number of nitriles is 1. The van der Waals surface area contributed by atoms with Gasteiger partial charge in [-0.1, -0.05) is 6.92 Å². The lowest BCUT2D eigenvalue weighted by Gasteiger charge is -2.33. The molecular formula is C13H21N3O2. The second-order valence-electron chi connectivity index (χ2n) is 5.49. The van der Waals surface area contributed by atoms with Crippen molar-refractivity contribution in [1.29, 1.82) is 5.26 Å². The first-order chi connectivity index (χ1) is 8.57. The fourth-order valence-electron chi connectivity index (χ4n) is 2.80. The monoisotopic (exact) mass is 251 g/mol. The van der Waals surface area contributed by atoms with E-state index in [0.29, 0.717) is 13.2 Å². The molecule has 1 aliphatic carbocycles. The van der Waals surface area contributed by atoms with Crippen molar-refractivity contribution in [2.75, 3.05) is 26.7 Å². The summed E-state index contributed by atoms with van der Waals surface area (Å²) in [7, 11) is 1.97. The Morgan fingerprint density at radius 1 is 1.61 bits per heavy atom. The van der Waals surface area contributed by atoms with Crippen LogP contribution in [0.3, 0.4) is 0 Å². The first kappa shape index (κ1) is 13.3. The van der Waals surface area contributed by atoms with Crippen molar-refractivity contribution in [3.05, 3.63) is 0 Å². The zero-order valence-electron chi connectivity index (χ0n) is 11.1. The molecule has 0 aromatic carbocycles. The van der Waals surface area contributed by atoms with E-state index < -0.39 is 11.6 Å². The van der Waals surface area contributed by atoms with Gasteiger partial charge in [0.15, 0.2) is 0 Å². The number of carbonyl (C=O) groups is 1. The number of likely N-dealkylation sites (N-methyl/N-ethyl adjacent to an activating group) is 1. The highest BCUT2D eigenvalue weighted by Gasteiger charge is 2.43. The average molecular weight is 251 g/mol. The van der Waals surface area contributed by atoms with E-state index in [1.807, 2.05) is 14.0 Å². The molecule has 18 heavy (non-hydrogen) atoms. The van der Waals surface area contributed by atoms with Crippen molar-refractivity contribution in [1.82, 2.24) is 10.2 Å². The van der Waals surface area contributed by atoms with Gasteiger partial charge in [0.1, 0.15) is 11.6 Å². The fraction of sp³-hybridized carbons (Fsp3) is 0.846. The maximum absolute atomic E-state index is 12.2. The lowest BCUT2D eigenvalue weighted by atomic mass is 9.89. The van der Waals surface area contributed by atoms with Gasteiger partial charge in [0, 0.05) is 13.1 Å². The molecule has 1 heterocycles.